The number of hydrogen-bond donors (Lipinski definition) is 3. The van der Waals surface area contributed by atoms with Gasteiger partial charge in [0.05, 0.1) is 34.8 Å². The van der Waals surface area contributed by atoms with Crippen molar-refractivity contribution in [1.29, 1.82) is 0 Å². The molecule has 0 saturated heterocycles. The van der Waals surface area contributed by atoms with Crippen molar-refractivity contribution in [1.82, 2.24) is 35.0 Å². The number of H-pyrrole nitrogens is 2. The molecule has 0 aliphatic rings. The molecule has 0 atom stereocenters. The van der Waals surface area contributed by atoms with Crippen LogP contribution in [0.2, 0.25) is 0 Å². The largest absolute Gasteiger partial charge is 0.340 e. The second-order valence-electron chi connectivity index (χ2n) is 9.21. The van der Waals surface area contributed by atoms with Crippen molar-refractivity contribution < 1.29 is 13.2 Å². The van der Waals surface area contributed by atoms with E-state index < -0.39 is 10.0 Å². The summed E-state index contributed by atoms with van der Waals surface area (Å²) in [7, 11) is -3.45. The number of hydrogen-bond acceptors (Lipinski definition) is 7. The van der Waals surface area contributed by atoms with Crippen molar-refractivity contribution in [3.05, 3.63) is 60.3 Å². The molecular weight excluding hydrogens is 528 g/mol. The Hall–Kier alpha value is -4.32. The predicted octanol–water partition coefficient (Wildman–Crippen LogP) is 4.56. The SMILES string of the molecule is C/C=C(/C(=O)N(CC)CC)c1nc(-c2[nH]nc3ncc(-c4cncc(NS(C)(=O)=O)c4)cc23)[nH]c1C/C=C\CC. The first-order valence-electron chi connectivity index (χ1n) is 13.2. The number of aromatic nitrogens is 6. The Labute approximate surface area is 233 Å². The third-order valence-corrected chi connectivity index (χ3v) is 6.96. The molecule has 4 aromatic rings. The molecule has 4 rings (SSSR count). The maximum atomic E-state index is 13.4. The van der Waals surface area contributed by atoms with Gasteiger partial charge < -0.3 is 9.88 Å². The average Bonchev–Trinajstić information content (AvgIpc) is 3.53. The van der Waals surface area contributed by atoms with Gasteiger partial charge in [-0.1, -0.05) is 25.2 Å². The van der Waals surface area contributed by atoms with Gasteiger partial charge in [-0.05, 0) is 39.3 Å². The van der Waals surface area contributed by atoms with Crippen LogP contribution in [0.25, 0.3) is 39.3 Å². The number of nitrogens with one attached hydrogen (secondary N) is 3. The molecule has 0 radical (unpaired) electrons. The number of rotatable bonds is 11. The Balaban J connectivity index is 1.80. The van der Waals surface area contributed by atoms with E-state index in [1.165, 1.54) is 6.20 Å². The quantitative estimate of drug-likeness (QED) is 0.179. The van der Waals surface area contributed by atoms with Gasteiger partial charge in [0, 0.05) is 48.7 Å². The molecule has 3 N–H and O–H groups in total. The van der Waals surface area contributed by atoms with Crippen molar-refractivity contribution in [3.63, 3.8) is 0 Å². The maximum Gasteiger partial charge on any atom is 0.255 e. The van der Waals surface area contributed by atoms with Crippen LogP contribution in [0, 0.1) is 0 Å². The highest BCUT2D eigenvalue weighted by atomic mass is 32.2. The van der Waals surface area contributed by atoms with Crippen LogP contribution in [0.4, 0.5) is 5.69 Å². The number of aromatic amines is 2. The number of likely N-dealkylation sites (N-methyl/N-ethyl adjacent to an activating group) is 1. The van der Waals surface area contributed by atoms with E-state index in [9.17, 15) is 13.2 Å². The Morgan fingerprint density at radius 3 is 2.50 bits per heavy atom. The van der Waals surface area contributed by atoms with Crippen molar-refractivity contribution in [2.45, 2.75) is 40.5 Å². The van der Waals surface area contributed by atoms with Gasteiger partial charge in [-0.2, -0.15) is 5.10 Å². The molecule has 210 valence electrons. The van der Waals surface area contributed by atoms with Crippen molar-refractivity contribution >= 4 is 38.2 Å². The zero-order chi connectivity index (χ0) is 28.9. The number of nitrogens with zero attached hydrogens (tertiary/aromatic N) is 5. The lowest BCUT2D eigenvalue weighted by Gasteiger charge is -2.20. The van der Waals surface area contributed by atoms with Gasteiger partial charge in [-0.3, -0.25) is 19.6 Å². The van der Waals surface area contributed by atoms with Crippen LogP contribution in [0.3, 0.4) is 0 Å². The molecule has 4 heterocycles. The monoisotopic (exact) mass is 562 g/mol. The van der Waals surface area contributed by atoms with E-state index in [0.29, 0.717) is 64.6 Å². The molecular formula is C28H34N8O3S. The summed E-state index contributed by atoms with van der Waals surface area (Å²) in [6.45, 7) is 9.04. The summed E-state index contributed by atoms with van der Waals surface area (Å²) >= 11 is 0. The molecule has 11 nitrogen and oxygen atoms in total. The normalized spacial score (nSPS) is 12.4. The highest BCUT2D eigenvalue weighted by Crippen LogP contribution is 2.31. The number of amides is 1. The highest BCUT2D eigenvalue weighted by Gasteiger charge is 2.24. The number of fused-ring (bicyclic) bond motifs is 1. The van der Waals surface area contributed by atoms with Crippen molar-refractivity contribution in [3.8, 4) is 22.6 Å². The topological polar surface area (TPSA) is 150 Å². The second kappa shape index (κ2) is 12.2. The Morgan fingerprint density at radius 2 is 1.82 bits per heavy atom. The highest BCUT2D eigenvalue weighted by molar-refractivity contribution is 7.92. The van der Waals surface area contributed by atoms with Gasteiger partial charge in [0.25, 0.3) is 5.91 Å². The van der Waals surface area contributed by atoms with E-state index in [1.807, 2.05) is 32.9 Å². The summed E-state index contributed by atoms with van der Waals surface area (Å²) in [5.74, 6) is 0.466. The minimum Gasteiger partial charge on any atom is -0.340 e. The fraction of sp³-hybridized carbons (Fsp3) is 0.321. The molecule has 0 unspecified atom stereocenters. The summed E-state index contributed by atoms with van der Waals surface area (Å²) in [4.78, 5) is 32.1. The molecule has 12 heteroatoms. The van der Waals surface area contributed by atoms with Crippen molar-refractivity contribution in [2.75, 3.05) is 24.1 Å². The van der Waals surface area contributed by atoms with Crippen LogP contribution in [-0.4, -0.2) is 68.7 Å². The van der Waals surface area contributed by atoms with E-state index in [-0.39, 0.29) is 5.91 Å². The van der Waals surface area contributed by atoms with Gasteiger partial charge in [-0.15, -0.1) is 0 Å². The van der Waals surface area contributed by atoms with E-state index in [0.717, 1.165) is 23.9 Å². The number of anilines is 1. The van der Waals surface area contributed by atoms with Gasteiger partial charge in [0.15, 0.2) is 11.5 Å². The van der Waals surface area contributed by atoms with Crippen LogP contribution in [-0.2, 0) is 21.2 Å². The van der Waals surface area contributed by atoms with Crippen LogP contribution in [0.5, 0.6) is 0 Å². The molecule has 0 aliphatic carbocycles. The number of imidazole rings is 1. The summed E-state index contributed by atoms with van der Waals surface area (Å²) in [5.41, 5.74) is 4.84. The van der Waals surface area contributed by atoms with Gasteiger partial charge in [0.1, 0.15) is 5.69 Å². The summed E-state index contributed by atoms with van der Waals surface area (Å²) < 4.78 is 25.8. The minimum absolute atomic E-state index is 0.0697. The van der Waals surface area contributed by atoms with Gasteiger partial charge >= 0.3 is 0 Å². The first-order valence-corrected chi connectivity index (χ1v) is 15.1. The van der Waals surface area contributed by atoms with Crippen LogP contribution >= 0.6 is 0 Å². The van der Waals surface area contributed by atoms with Crippen LogP contribution in [0.15, 0.2) is 49.0 Å². The second-order valence-corrected chi connectivity index (χ2v) is 11.0. The number of pyridine rings is 2. The minimum atomic E-state index is -3.45. The number of sulfonamides is 1. The lowest BCUT2D eigenvalue weighted by molar-refractivity contribution is -0.124. The standard InChI is InChI=1S/C28H34N8O3S/c1-6-10-11-12-23-24(21(7-2)28(37)36(8-3)9-4)32-27(31-23)25-22-14-19(16-30-26(22)34-33-25)18-13-20(17-29-15-18)35-40(5,38)39/h7,10-11,13-17,35H,6,8-9,12H2,1-5H3,(H,31,32)(H,30,33,34)/b11-10-,21-7+. The van der Waals surface area contributed by atoms with Gasteiger partial charge in [0.2, 0.25) is 10.0 Å². The number of allylic oxidation sites excluding steroid dienone is 3. The van der Waals surface area contributed by atoms with E-state index in [4.69, 9.17) is 4.98 Å². The predicted molar refractivity (Wildman–Crippen MR) is 158 cm³/mol. The Bertz CT molecular complexity index is 1680. The fourth-order valence-electron chi connectivity index (χ4n) is 4.41. The molecule has 0 aliphatic heterocycles. The lowest BCUT2D eigenvalue weighted by atomic mass is 10.1. The van der Waals surface area contributed by atoms with Crippen molar-refractivity contribution in [2.24, 2.45) is 0 Å². The summed E-state index contributed by atoms with van der Waals surface area (Å²) in [5, 5.41) is 8.12. The molecule has 0 saturated carbocycles. The number of carbonyl (C=O) groups is 1. The first-order chi connectivity index (χ1) is 19.2. The van der Waals surface area contributed by atoms with Crippen LogP contribution < -0.4 is 4.72 Å². The summed E-state index contributed by atoms with van der Waals surface area (Å²) in [6, 6.07) is 3.59. The molecule has 40 heavy (non-hydrogen) atoms. The molecule has 0 fully saturated rings. The van der Waals surface area contributed by atoms with E-state index >= 15 is 0 Å². The maximum absolute atomic E-state index is 13.4. The number of carbonyl (C=O) groups excluding carboxylic acids is 1. The Morgan fingerprint density at radius 1 is 1.07 bits per heavy atom. The van der Waals surface area contributed by atoms with Gasteiger partial charge in [-0.25, -0.2) is 18.4 Å². The molecule has 0 bridgehead atoms. The van der Waals surface area contributed by atoms with Crippen LogP contribution in [0.1, 0.15) is 45.5 Å². The first kappa shape index (κ1) is 28.7. The third-order valence-electron chi connectivity index (χ3n) is 6.35. The molecule has 4 aromatic heterocycles. The lowest BCUT2D eigenvalue weighted by Crippen LogP contribution is -2.31. The zero-order valence-corrected chi connectivity index (χ0v) is 24.1. The van der Waals surface area contributed by atoms with E-state index in [2.05, 4.69) is 48.9 Å². The smallest absolute Gasteiger partial charge is 0.255 e. The van der Waals surface area contributed by atoms with E-state index in [1.54, 1.807) is 23.4 Å². The average molecular weight is 563 g/mol. The zero-order valence-electron chi connectivity index (χ0n) is 23.3. The molecule has 0 aromatic carbocycles. The summed E-state index contributed by atoms with van der Waals surface area (Å²) in [6.07, 6.45) is 13.3. The Kier molecular flexibility index (Phi) is 8.78. The fourth-order valence-corrected chi connectivity index (χ4v) is 4.95. The third kappa shape index (κ3) is 6.28. The molecule has 1 amide bonds. The molecule has 0 spiro atoms.